The molecule has 21 heavy (non-hydrogen) atoms. The van der Waals surface area contributed by atoms with E-state index in [1.165, 1.54) is 19.3 Å². The second-order valence-corrected chi connectivity index (χ2v) is 8.32. The Hall–Kier alpha value is -0.980. The summed E-state index contributed by atoms with van der Waals surface area (Å²) >= 11 is 4.89. The van der Waals surface area contributed by atoms with Gasteiger partial charge in [0.15, 0.2) is 9.84 Å². The highest BCUT2D eigenvalue weighted by atomic mass is 32.2. The van der Waals surface area contributed by atoms with Crippen LogP contribution in [0, 0.1) is 5.92 Å². The Morgan fingerprint density at radius 3 is 2.71 bits per heavy atom. The Balaban J connectivity index is 1.97. The molecule has 1 aliphatic carbocycles. The minimum Gasteiger partial charge on any atom is -0.389 e. The van der Waals surface area contributed by atoms with Crippen molar-refractivity contribution in [3.8, 4) is 0 Å². The molecule has 1 fully saturated rings. The van der Waals surface area contributed by atoms with Crippen molar-refractivity contribution >= 4 is 27.0 Å². The predicted octanol–water partition coefficient (Wildman–Crippen LogP) is 1.83. The maximum absolute atomic E-state index is 12.4. The van der Waals surface area contributed by atoms with Gasteiger partial charge < -0.3 is 10.6 Å². The number of nitrogens with zero attached hydrogens (tertiary/aromatic N) is 1. The summed E-state index contributed by atoms with van der Waals surface area (Å²) in [5, 5.41) is 0. The zero-order chi connectivity index (χ0) is 15.5. The summed E-state index contributed by atoms with van der Waals surface area (Å²) in [4.78, 5) is 2.62. The Bertz CT molecular complexity index is 610. The Kier molecular flexibility index (Phi) is 5.35. The smallest absolute Gasteiger partial charge is 0.179 e. The van der Waals surface area contributed by atoms with Crippen LogP contribution in [0.1, 0.15) is 24.8 Å². The summed E-state index contributed by atoms with van der Waals surface area (Å²) in [7, 11) is -1.31. The molecule has 6 heteroatoms. The van der Waals surface area contributed by atoms with Crippen LogP contribution in [0.3, 0.4) is 0 Å². The molecule has 116 valence electrons. The average molecular weight is 326 g/mol. The molecule has 0 aromatic heterocycles. The van der Waals surface area contributed by atoms with Gasteiger partial charge in [0.25, 0.3) is 0 Å². The van der Waals surface area contributed by atoms with Gasteiger partial charge in [0, 0.05) is 18.7 Å². The van der Waals surface area contributed by atoms with Gasteiger partial charge in [0.1, 0.15) is 4.99 Å². The molecule has 0 radical (unpaired) electrons. The van der Waals surface area contributed by atoms with Crippen molar-refractivity contribution < 1.29 is 8.42 Å². The molecule has 0 amide bonds. The lowest BCUT2D eigenvalue weighted by molar-refractivity contribution is 0.212. The highest BCUT2D eigenvalue weighted by Crippen LogP contribution is 2.26. The minimum atomic E-state index is -3.29. The zero-order valence-corrected chi connectivity index (χ0v) is 13.9. The third kappa shape index (κ3) is 4.49. The number of thiocarbonyl (C=S) groups is 1. The van der Waals surface area contributed by atoms with E-state index in [9.17, 15) is 8.42 Å². The second-order valence-electron chi connectivity index (χ2n) is 5.77. The largest absolute Gasteiger partial charge is 0.389 e. The zero-order valence-electron chi connectivity index (χ0n) is 12.3. The molecular formula is C15H22N2O2S2. The van der Waals surface area contributed by atoms with Crippen molar-refractivity contribution in [1.82, 2.24) is 4.90 Å². The molecule has 1 aromatic carbocycles. The molecule has 2 N–H and O–H groups in total. The highest BCUT2D eigenvalue weighted by molar-refractivity contribution is 7.91. The number of nitrogens with two attached hydrogens (primary N) is 1. The van der Waals surface area contributed by atoms with Crippen molar-refractivity contribution in [1.29, 1.82) is 0 Å². The van der Waals surface area contributed by atoms with Crippen LogP contribution in [0.25, 0.3) is 0 Å². The van der Waals surface area contributed by atoms with Gasteiger partial charge >= 0.3 is 0 Å². The summed E-state index contributed by atoms with van der Waals surface area (Å²) in [6.07, 6.45) is 3.85. The Morgan fingerprint density at radius 1 is 1.43 bits per heavy atom. The standard InChI is InChI=1S/C15H22N2O2S2/c1-17(11-12-4-2-5-12)8-9-21(18,19)14-7-3-6-13(10-14)15(16)20/h3,6-7,10,12H,2,4-5,8-9,11H2,1H3,(H2,16,20). The van der Waals surface area contributed by atoms with E-state index in [-0.39, 0.29) is 10.7 Å². The molecule has 1 saturated carbocycles. The molecule has 0 unspecified atom stereocenters. The monoisotopic (exact) mass is 326 g/mol. The minimum absolute atomic E-state index is 0.122. The highest BCUT2D eigenvalue weighted by Gasteiger charge is 2.21. The van der Waals surface area contributed by atoms with Crippen LogP contribution < -0.4 is 5.73 Å². The van der Waals surface area contributed by atoms with E-state index >= 15 is 0 Å². The van der Waals surface area contributed by atoms with Crippen LogP contribution in [0.5, 0.6) is 0 Å². The van der Waals surface area contributed by atoms with Crippen molar-refractivity contribution in [3.63, 3.8) is 0 Å². The number of hydrogen-bond acceptors (Lipinski definition) is 4. The summed E-state index contributed by atoms with van der Waals surface area (Å²) in [5.41, 5.74) is 6.14. The van der Waals surface area contributed by atoms with Crippen LogP contribution in [-0.2, 0) is 9.84 Å². The van der Waals surface area contributed by atoms with Crippen LogP contribution in [0.4, 0.5) is 0 Å². The summed E-state index contributed by atoms with van der Waals surface area (Å²) in [6, 6.07) is 6.57. The maximum atomic E-state index is 12.4. The fourth-order valence-electron chi connectivity index (χ4n) is 2.44. The molecular weight excluding hydrogens is 304 g/mol. The van der Waals surface area contributed by atoms with Crippen molar-refractivity contribution in [2.75, 3.05) is 25.9 Å². The summed E-state index contributed by atoms with van der Waals surface area (Å²) in [5.74, 6) is 0.868. The third-order valence-electron chi connectivity index (χ3n) is 4.01. The molecule has 0 spiro atoms. The quantitative estimate of drug-likeness (QED) is 0.775. The number of rotatable bonds is 7. The molecule has 1 aliphatic rings. The van der Waals surface area contributed by atoms with E-state index < -0.39 is 9.84 Å². The van der Waals surface area contributed by atoms with E-state index in [4.69, 9.17) is 18.0 Å². The molecule has 2 rings (SSSR count). The van der Waals surface area contributed by atoms with Gasteiger partial charge in [0.05, 0.1) is 10.6 Å². The maximum Gasteiger partial charge on any atom is 0.179 e. The number of benzene rings is 1. The first kappa shape index (κ1) is 16.4. The van der Waals surface area contributed by atoms with Crippen LogP contribution >= 0.6 is 12.2 Å². The van der Waals surface area contributed by atoms with E-state index in [0.29, 0.717) is 17.0 Å². The Labute approximate surface area is 132 Å². The molecule has 0 bridgehead atoms. The van der Waals surface area contributed by atoms with Crippen LogP contribution in [-0.4, -0.2) is 44.2 Å². The van der Waals surface area contributed by atoms with Gasteiger partial charge in [-0.15, -0.1) is 0 Å². The first-order chi connectivity index (χ1) is 9.88. The lowest BCUT2D eigenvalue weighted by Gasteiger charge is -2.30. The van der Waals surface area contributed by atoms with Crippen LogP contribution in [0.2, 0.25) is 0 Å². The lowest BCUT2D eigenvalue weighted by Crippen LogP contribution is -2.33. The number of sulfone groups is 1. The van der Waals surface area contributed by atoms with Gasteiger partial charge in [-0.2, -0.15) is 0 Å². The van der Waals surface area contributed by atoms with Crippen molar-refractivity contribution in [2.45, 2.75) is 24.2 Å². The third-order valence-corrected chi connectivity index (χ3v) is 5.94. The van der Waals surface area contributed by atoms with Crippen LogP contribution in [0.15, 0.2) is 29.2 Å². The van der Waals surface area contributed by atoms with Gasteiger partial charge in [-0.3, -0.25) is 0 Å². The molecule has 0 heterocycles. The Morgan fingerprint density at radius 2 is 2.14 bits per heavy atom. The first-order valence-electron chi connectivity index (χ1n) is 7.19. The molecule has 1 aromatic rings. The molecule has 4 nitrogen and oxygen atoms in total. The van der Waals surface area contributed by atoms with E-state index in [0.717, 1.165) is 12.5 Å². The SMILES string of the molecule is CN(CCS(=O)(=O)c1cccc(C(N)=S)c1)CC1CCC1. The molecule has 0 saturated heterocycles. The number of hydrogen-bond donors (Lipinski definition) is 1. The fraction of sp³-hybridized carbons (Fsp3) is 0.533. The lowest BCUT2D eigenvalue weighted by atomic mass is 9.85. The topological polar surface area (TPSA) is 63.4 Å². The predicted molar refractivity (Wildman–Crippen MR) is 89.2 cm³/mol. The van der Waals surface area contributed by atoms with E-state index in [2.05, 4.69) is 4.90 Å². The molecule has 0 atom stereocenters. The van der Waals surface area contributed by atoms with Crippen molar-refractivity contribution in [2.24, 2.45) is 11.7 Å². The van der Waals surface area contributed by atoms with Gasteiger partial charge in [-0.05, 0) is 37.9 Å². The van der Waals surface area contributed by atoms with E-state index in [1.54, 1.807) is 24.3 Å². The average Bonchev–Trinajstić information content (AvgIpc) is 2.41. The fourth-order valence-corrected chi connectivity index (χ4v) is 3.95. The first-order valence-corrected chi connectivity index (χ1v) is 9.26. The van der Waals surface area contributed by atoms with E-state index in [1.807, 2.05) is 7.05 Å². The van der Waals surface area contributed by atoms with Gasteiger partial charge in [-0.25, -0.2) is 8.42 Å². The second kappa shape index (κ2) is 6.85. The summed E-state index contributed by atoms with van der Waals surface area (Å²) in [6.45, 7) is 1.54. The van der Waals surface area contributed by atoms with Gasteiger partial charge in [0.2, 0.25) is 0 Å². The van der Waals surface area contributed by atoms with Crippen molar-refractivity contribution in [3.05, 3.63) is 29.8 Å². The molecule has 0 aliphatic heterocycles. The normalized spacial score (nSPS) is 15.9. The summed E-state index contributed by atoms with van der Waals surface area (Å²) < 4.78 is 24.7. The van der Waals surface area contributed by atoms with Gasteiger partial charge in [-0.1, -0.05) is 30.8 Å².